The molecule has 0 spiro atoms. The third-order valence-corrected chi connectivity index (χ3v) is 3.62. The number of amides is 2. The number of carboxylic acid groups (broad SMARTS) is 2. The van der Waals surface area contributed by atoms with E-state index in [1.807, 2.05) is 0 Å². The number of benzene rings is 2. The maximum absolute atomic E-state index is 12.6. The molecule has 0 heterocycles. The maximum Gasteiger partial charge on any atom is 0.326 e. The predicted molar refractivity (Wildman–Crippen MR) is 100 cm³/mol. The van der Waals surface area contributed by atoms with Gasteiger partial charge in [0.1, 0.15) is 11.7 Å². The van der Waals surface area contributed by atoms with Gasteiger partial charge in [0.2, 0.25) is 0 Å². The van der Waals surface area contributed by atoms with Crippen molar-refractivity contribution in [2.75, 3.05) is 0 Å². The van der Waals surface area contributed by atoms with Crippen molar-refractivity contribution in [1.82, 2.24) is 10.6 Å². The van der Waals surface area contributed by atoms with Gasteiger partial charge in [-0.2, -0.15) is 0 Å². The van der Waals surface area contributed by atoms with Crippen LogP contribution < -0.4 is 10.6 Å². The van der Waals surface area contributed by atoms with Crippen LogP contribution in [0.3, 0.4) is 0 Å². The van der Waals surface area contributed by atoms with Gasteiger partial charge in [-0.1, -0.05) is 48.5 Å². The van der Waals surface area contributed by atoms with Crippen molar-refractivity contribution in [3.63, 3.8) is 0 Å². The number of carbonyl (C=O) groups is 4. The molecule has 28 heavy (non-hydrogen) atoms. The summed E-state index contributed by atoms with van der Waals surface area (Å²) in [6.45, 7) is 0. The number of carbonyl (C=O) groups excluding carboxylic acids is 2. The van der Waals surface area contributed by atoms with E-state index in [1.54, 1.807) is 60.7 Å². The minimum atomic E-state index is -1.64. The smallest absolute Gasteiger partial charge is 0.326 e. The first-order valence-electron chi connectivity index (χ1n) is 8.25. The molecule has 1 unspecified atom stereocenters. The molecular formula is C20H18N2O6. The van der Waals surface area contributed by atoms with E-state index >= 15 is 0 Å². The highest BCUT2D eigenvalue weighted by atomic mass is 16.4. The van der Waals surface area contributed by atoms with E-state index < -0.39 is 36.2 Å². The van der Waals surface area contributed by atoms with Crippen molar-refractivity contribution < 1.29 is 29.4 Å². The Balaban J connectivity index is 2.28. The van der Waals surface area contributed by atoms with E-state index in [4.69, 9.17) is 10.2 Å². The highest BCUT2D eigenvalue weighted by Crippen LogP contribution is 2.08. The molecule has 0 fully saturated rings. The number of hydrogen-bond acceptors (Lipinski definition) is 4. The van der Waals surface area contributed by atoms with Crippen molar-refractivity contribution in [3.8, 4) is 0 Å². The van der Waals surface area contributed by atoms with Crippen molar-refractivity contribution in [3.05, 3.63) is 77.5 Å². The van der Waals surface area contributed by atoms with Crippen molar-refractivity contribution >= 4 is 29.8 Å². The van der Waals surface area contributed by atoms with Crippen LogP contribution in [0.5, 0.6) is 0 Å². The first-order valence-corrected chi connectivity index (χ1v) is 8.25. The molecule has 2 rings (SSSR count). The molecule has 2 amide bonds. The molecule has 0 radical (unpaired) electrons. The number of nitrogens with one attached hydrogen (secondary N) is 2. The number of aliphatic carboxylic acids is 2. The molecule has 4 N–H and O–H groups in total. The van der Waals surface area contributed by atoms with Gasteiger partial charge in [-0.3, -0.25) is 14.4 Å². The van der Waals surface area contributed by atoms with Gasteiger partial charge in [-0.05, 0) is 23.8 Å². The van der Waals surface area contributed by atoms with Crippen LogP contribution in [0.15, 0.2) is 66.4 Å². The Morgan fingerprint density at radius 1 is 0.893 bits per heavy atom. The van der Waals surface area contributed by atoms with E-state index in [0.717, 1.165) is 0 Å². The first-order chi connectivity index (χ1) is 13.4. The van der Waals surface area contributed by atoms with Gasteiger partial charge < -0.3 is 20.8 Å². The Morgan fingerprint density at radius 2 is 1.46 bits per heavy atom. The molecule has 0 aliphatic rings. The second-order valence-corrected chi connectivity index (χ2v) is 5.75. The molecule has 0 aliphatic heterocycles. The van der Waals surface area contributed by atoms with Gasteiger partial charge >= 0.3 is 11.9 Å². The maximum atomic E-state index is 12.6. The van der Waals surface area contributed by atoms with Crippen LogP contribution in [0.1, 0.15) is 22.3 Å². The fraction of sp³-hybridized carbons (Fsp3) is 0.100. The van der Waals surface area contributed by atoms with Crippen LogP contribution in [0, 0.1) is 0 Å². The number of carboxylic acids is 2. The average Bonchev–Trinajstić information content (AvgIpc) is 2.68. The van der Waals surface area contributed by atoms with E-state index in [9.17, 15) is 19.2 Å². The molecule has 144 valence electrons. The van der Waals surface area contributed by atoms with Crippen LogP contribution in [0.25, 0.3) is 6.08 Å². The summed E-state index contributed by atoms with van der Waals surface area (Å²) >= 11 is 0. The van der Waals surface area contributed by atoms with E-state index in [0.29, 0.717) is 11.1 Å². The lowest BCUT2D eigenvalue weighted by Crippen LogP contribution is -2.45. The first kappa shape index (κ1) is 20.4. The van der Waals surface area contributed by atoms with Crippen LogP contribution in [0.2, 0.25) is 0 Å². The largest absolute Gasteiger partial charge is 0.481 e. The van der Waals surface area contributed by atoms with Crippen LogP contribution in [0.4, 0.5) is 0 Å². The highest BCUT2D eigenvalue weighted by Gasteiger charge is 2.25. The van der Waals surface area contributed by atoms with Crippen LogP contribution in [-0.4, -0.2) is 40.0 Å². The van der Waals surface area contributed by atoms with Crippen molar-refractivity contribution in [1.29, 1.82) is 0 Å². The Morgan fingerprint density at radius 3 is 2.00 bits per heavy atom. The monoisotopic (exact) mass is 382 g/mol. The van der Waals surface area contributed by atoms with E-state index in [2.05, 4.69) is 10.6 Å². The SMILES string of the molecule is O=C(O)CC(NC(=O)/C(=C/c1ccccc1)NC(=O)c1ccccc1)C(=O)O. The average molecular weight is 382 g/mol. The van der Waals surface area contributed by atoms with Gasteiger partial charge in [0.25, 0.3) is 11.8 Å². The Kier molecular flexibility index (Phi) is 7.04. The number of hydrogen-bond donors (Lipinski definition) is 4. The van der Waals surface area contributed by atoms with Gasteiger partial charge in [0.15, 0.2) is 0 Å². The third kappa shape index (κ3) is 6.10. The summed E-state index contributed by atoms with van der Waals surface area (Å²) in [5, 5.41) is 22.5. The van der Waals surface area contributed by atoms with Gasteiger partial charge in [-0.15, -0.1) is 0 Å². The number of rotatable bonds is 8. The summed E-state index contributed by atoms with van der Waals surface area (Å²) in [5.74, 6) is -4.36. The molecule has 0 aromatic heterocycles. The zero-order chi connectivity index (χ0) is 20.5. The van der Waals surface area contributed by atoms with E-state index in [-0.39, 0.29) is 5.70 Å². The van der Waals surface area contributed by atoms with Crippen molar-refractivity contribution in [2.45, 2.75) is 12.5 Å². The van der Waals surface area contributed by atoms with Crippen LogP contribution in [-0.2, 0) is 14.4 Å². The quantitative estimate of drug-likeness (QED) is 0.512. The second-order valence-electron chi connectivity index (χ2n) is 5.75. The predicted octanol–water partition coefficient (Wildman–Crippen LogP) is 1.50. The van der Waals surface area contributed by atoms with Gasteiger partial charge in [0, 0.05) is 5.56 Å². The normalized spacial score (nSPS) is 11.9. The Bertz CT molecular complexity index is 893. The summed E-state index contributed by atoms with van der Waals surface area (Å²) in [6.07, 6.45) is 0.572. The van der Waals surface area contributed by atoms with Crippen LogP contribution >= 0.6 is 0 Å². The van der Waals surface area contributed by atoms with E-state index in [1.165, 1.54) is 6.08 Å². The standard InChI is InChI=1S/C20H18N2O6/c23-17(24)12-16(20(27)28)22-19(26)15(11-13-7-3-1-4-8-13)21-18(25)14-9-5-2-6-10-14/h1-11,16H,12H2,(H,21,25)(H,22,26)(H,23,24)(H,27,28)/b15-11-. The zero-order valence-corrected chi connectivity index (χ0v) is 14.7. The van der Waals surface area contributed by atoms with Gasteiger partial charge in [-0.25, -0.2) is 4.79 Å². The minimum absolute atomic E-state index is 0.211. The lowest BCUT2D eigenvalue weighted by molar-refractivity contribution is -0.146. The summed E-state index contributed by atoms with van der Waals surface area (Å²) < 4.78 is 0. The molecule has 2 aromatic rings. The minimum Gasteiger partial charge on any atom is -0.481 e. The summed E-state index contributed by atoms with van der Waals surface area (Å²) in [5.41, 5.74) is 0.678. The molecule has 0 saturated carbocycles. The third-order valence-electron chi connectivity index (χ3n) is 3.62. The molecule has 0 bridgehead atoms. The molecule has 8 nitrogen and oxygen atoms in total. The highest BCUT2D eigenvalue weighted by molar-refractivity contribution is 6.06. The Hall–Kier alpha value is -3.94. The fourth-order valence-corrected chi connectivity index (χ4v) is 2.27. The topological polar surface area (TPSA) is 133 Å². The fourth-order valence-electron chi connectivity index (χ4n) is 2.27. The lowest BCUT2D eigenvalue weighted by atomic mass is 10.1. The second kappa shape index (κ2) is 9.67. The zero-order valence-electron chi connectivity index (χ0n) is 14.7. The summed E-state index contributed by atoms with van der Waals surface area (Å²) in [7, 11) is 0. The molecule has 2 aromatic carbocycles. The molecule has 1 atom stereocenters. The molecule has 0 aliphatic carbocycles. The van der Waals surface area contributed by atoms with Crippen molar-refractivity contribution in [2.24, 2.45) is 0 Å². The molecular weight excluding hydrogens is 364 g/mol. The molecule has 8 heteroatoms. The lowest BCUT2D eigenvalue weighted by Gasteiger charge is -2.15. The summed E-state index contributed by atoms with van der Waals surface area (Å²) in [4.78, 5) is 47.0. The molecule has 0 saturated heterocycles. The van der Waals surface area contributed by atoms with Gasteiger partial charge in [0.05, 0.1) is 6.42 Å². The summed E-state index contributed by atoms with van der Waals surface area (Å²) in [6, 6.07) is 15.1. The Labute approximate surface area is 160 Å².